The molecule has 2 aromatic carbocycles. The molecule has 4 aromatic rings. The summed E-state index contributed by atoms with van der Waals surface area (Å²) < 4.78 is 23.1. The zero-order valence-electron chi connectivity index (χ0n) is 17.1. The highest BCUT2D eigenvalue weighted by atomic mass is 19.1. The van der Waals surface area contributed by atoms with Crippen molar-refractivity contribution in [1.29, 1.82) is 0 Å². The molecule has 3 heterocycles. The number of ether oxygens (including phenoxy) is 1. The summed E-state index contributed by atoms with van der Waals surface area (Å²) in [7, 11) is 1.65. The van der Waals surface area contributed by atoms with Gasteiger partial charge in [-0.3, -0.25) is 9.20 Å². The first-order valence-electron chi connectivity index (χ1n) is 10.3. The van der Waals surface area contributed by atoms with Crippen molar-refractivity contribution in [2.45, 2.75) is 32.7 Å². The lowest BCUT2D eigenvalue weighted by molar-refractivity contribution is 0.101. The number of hydrogen-bond acceptors (Lipinski definition) is 2. The molecule has 5 heteroatoms. The molecule has 2 aromatic heterocycles. The lowest BCUT2D eigenvalue weighted by Gasteiger charge is -2.09. The van der Waals surface area contributed by atoms with Gasteiger partial charge in [0.05, 0.1) is 18.5 Å². The highest BCUT2D eigenvalue weighted by Gasteiger charge is 2.28. The summed E-state index contributed by atoms with van der Waals surface area (Å²) in [6, 6.07) is 14.5. The van der Waals surface area contributed by atoms with E-state index in [4.69, 9.17) is 4.74 Å². The first kappa shape index (κ1) is 18.7. The van der Waals surface area contributed by atoms with Crippen LogP contribution >= 0.6 is 0 Å². The Morgan fingerprint density at radius 2 is 1.70 bits per heavy atom. The fourth-order valence-corrected chi connectivity index (χ4v) is 4.65. The van der Waals surface area contributed by atoms with Gasteiger partial charge in [0, 0.05) is 30.8 Å². The number of benzene rings is 2. The Morgan fingerprint density at radius 3 is 2.37 bits per heavy atom. The summed E-state index contributed by atoms with van der Waals surface area (Å²) in [5, 5.41) is 0. The zero-order valence-corrected chi connectivity index (χ0v) is 17.1. The van der Waals surface area contributed by atoms with Crippen molar-refractivity contribution < 1.29 is 13.9 Å². The van der Waals surface area contributed by atoms with Crippen molar-refractivity contribution in [2.24, 2.45) is 0 Å². The molecule has 0 radical (unpaired) electrons. The van der Waals surface area contributed by atoms with Gasteiger partial charge in [0.25, 0.3) is 0 Å². The molecule has 0 amide bonds. The predicted molar refractivity (Wildman–Crippen MR) is 116 cm³/mol. The van der Waals surface area contributed by atoms with Gasteiger partial charge in [-0.05, 0) is 66.8 Å². The van der Waals surface area contributed by atoms with Crippen LogP contribution in [0.1, 0.15) is 35.8 Å². The number of carbonyl (C=O) groups excluding carboxylic acids is 1. The van der Waals surface area contributed by atoms with Crippen LogP contribution in [0.2, 0.25) is 0 Å². The molecule has 30 heavy (non-hydrogen) atoms. The molecule has 0 saturated heterocycles. The number of nitrogens with zero attached hydrogens (tertiary/aromatic N) is 2. The lowest BCUT2D eigenvalue weighted by Crippen LogP contribution is -2.00. The number of hydrogen-bond donors (Lipinski definition) is 0. The molecule has 1 aliphatic heterocycles. The number of carbonyl (C=O) groups is 1. The molecular formula is C25H23FN2O2. The minimum atomic E-state index is -0.250. The molecule has 0 N–H and O–H groups in total. The van der Waals surface area contributed by atoms with Crippen LogP contribution in [0.15, 0.2) is 54.7 Å². The quantitative estimate of drug-likeness (QED) is 0.407. The Morgan fingerprint density at radius 1 is 1.00 bits per heavy atom. The van der Waals surface area contributed by atoms with Crippen LogP contribution < -0.4 is 4.74 Å². The van der Waals surface area contributed by atoms with E-state index in [9.17, 15) is 9.18 Å². The van der Waals surface area contributed by atoms with Crippen LogP contribution in [-0.4, -0.2) is 21.9 Å². The number of rotatable bonds is 4. The molecule has 0 atom stereocenters. The second-order valence-corrected chi connectivity index (χ2v) is 7.81. The van der Waals surface area contributed by atoms with E-state index in [-0.39, 0.29) is 11.6 Å². The highest BCUT2D eigenvalue weighted by molar-refractivity contribution is 6.03. The van der Waals surface area contributed by atoms with Gasteiger partial charge in [-0.2, -0.15) is 0 Å². The smallest absolute Gasteiger partial charge is 0.177 e. The van der Waals surface area contributed by atoms with Crippen LogP contribution in [0.25, 0.3) is 28.0 Å². The first-order chi connectivity index (χ1) is 14.6. The molecule has 4 nitrogen and oxygen atoms in total. The van der Waals surface area contributed by atoms with Gasteiger partial charge in [0.2, 0.25) is 0 Å². The summed E-state index contributed by atoms with van der Waals surface area (Å²) in [6.45, 7) is 2.50. The normalized spacial score (nSPS) is 13.4. The van der Waals surface area contributed by atoms with E-state index in [0.717, 1.165) is 59.6 Å². The fraction of sp³-hybridized carbons (Fsp3) is 0.240. The average molecular weight is 402 g/mol. The summed E-state index contributed by atoms with van der Waals surface area (Å²) >= 11 is 0. The van der Waals surface area contributed by atoms with E-state index in [1.54, 1.807) is 26.2 Å². The Hall–Kier alpha value is -3.34. The van der Waals surface area contributed by atoms with E-state index in [0.29, 0.717) is 5.69 Å². The molecule has 152 valence electrons. The van der Waals surface area contributed by atoms with Gasteiger partial charge >= 0.3 is 0 Å². The number of aromatic nitrogens is 2. The number of ketones is 1. The summed E-state index contributed by atoms with van der Waals surface area (Å²) in [6.07, 6.45) is 5.07. The SMILES string of the molecule is COc1ccc(-c2c3c4n(c(-c5ccc(F)cc5)cn4c2C(C)=O)CCCC3)cc1. The molecule has 0 spiro atoms. The van der Waals surface area contributed by atoms with Crippen molar-refractivity contribution in [1.82, 2.24) is 8.97 Å². The lowest BCUT2D eigenvalue weighted by atomic mass is 9.97. The maximum Gasteiger partial charge on any atom is 0.177 e. The standard InChI is InChI=1S/C25H23FN2O2/c1-16(29)24-23(18-8-12-20(30-2)13-9-18)21-5-3-4-14-27-22(15-28(24)25(21)27)17-6-10-19(26)11-7-17/h6-13,15H,3-5,14H2,1-2H3. The molecule has 0 fully saturated rings. The number of halogens is 1. The molecule has 1 aliphatic rings. The second kappa shape index (κ2) is 7.17. The average Bonchev–Trinajstić information content (AvgIpc) is 3.17. The minimum Gasteiger partial charge on any atom is -0.497 e. The van der Waals surface area contributed by atoms with Crippen LogP contribution in [0, 0.1) is 5.82 Å². The van der Waals surface area contributed by atoms with Crippen molar-refractivity contribution in [2.75, 3.05) is 7.11 Å². The van der Waals surface area contributed by atoms with Crippen LogP contribution in [0.4, 0.5) is 4.39 Å². The predicted octanol–water partition coefficient (Wildman–Crippen LogP) is 5.76. The third-order valence-corrected chi connectivity index (χ3v) is 5.99. The van der Waals surface area contributed by atoms with Crippen molar-refractivity contribution in [3.8, 4) is 28.1 Å². The van der Waals surface area contributed by atoms with E-state index in [1.165, 1.54) is 17.7 Å². The Labute approximate surface area is 174 Å². The van der Waals surface area contributed by atoms with Crippen LogP contribution in [0.3, 0.4) is 0 Å². The minimum absolute atomic E-state index is 0.0328. The molecule has 5 rings (SSSR count). The first-order valence-corrected chi connectivity index (χ1v) is 10.3. The van der Waals surface area contributed by atoms with Crippen molar-refractivity contribution in [3.05, 3.63) is 71.8 Å². The van der Waals surface area contributed by atoms with E-state index in [2.05, 4.69) is 4.57 Å². The number of methoxy groups -OCH3 is 1. The fourth-order valence-electron chi connectivity index (χ4n) is 4.65. The Bertz CT molecular complexity index is 1250. The highest BCUT2D eigenvalue weighted by Crippen LogP contribution is 2.39. The third kappa shape index (κ3) is 2.84. The number of Topliss-reactive ketones (excluding diaryl/α,β-unsaturated/α-hetero) is 1. The summed E-state index contributed by atoms with van der Waals surface area (Å²) in [4.78, 5) is 12.8. The van der Waals surface area contributed by atoms with Crippen LogP contribution in [0.5, 0.6) is 5.75 Å². The summed E-state index contributed by atoms with van der Waals surface area (Å²) in [5.74, 6) is 0.575. The van der Waals surface area contributed by atoms with Gasteiger partial charge in [-0.15, -0.1) is 0 Å². The van der Waals surface area contributed by atoms with Gasteiger partial charge in [0.15, 0.2) is 5.78 Å². The maximum absolute atomic E-state index is 13.5. The van der Waals surface area contributed by atoms with Crippen molar-refractivity contribution in [3.63, 3.8) is 0 Å². The summed E-state index contributed by atoms with van der Waals surface area (Å²) in [5.41, 5.74) is 6.98. The van der Waals surface area contributed by atoms with Crippen LogP contribution in [-0.2, 0) is 13.0 Å². The molecule has 0 bridgehead atoms. The molecule has 0 unspecified atom stereocenters. The second-order valence-electron chi connectivity index (χ2n) is 7.81. The molecule has 0 saturated carbocycles. The monoisotopic (exact) mass is 402 g/mol. The van der Waals surface area contributed by atoms with Gasteiger partial charge in [0.1, 0.15) is 17.2 Å². The number of aryl methyl sites for hydroxylation is 2. The molecular weight excluding hydrogens is 379 g/mol. The number of imidazole rings is 1. The molecule has 0 aliphatic carbocycles. The Balaban J connectivity index is 1.81. The van der Waals surface area contributed by atoms with E-state index in [1.807, 2.05) is 34.9 Å². The van der Waals surface area contributed by atoms with Gasteiger partial charge in [-0.1, -0.05) is 12.1 Å². The van der Waals surface area contributed by atoms with Gasteiger partial charge in [-0.25, -0.2) is 4.39 Å². The Kier molecular flexibility index (Phi) is 4.46. The third-order valence-electron chi connectivity index (χ3n) is 5.99. The maximum atomic E-state index is 13.5. The van der Waals surface area contributed by atoms with Gasteiger partial charge < -0.3 is 9.30 Å². The topological polar surface area (TPSA) is 35.6 Å². The van der Waals surface area contributed by atoms with Crippen molar-refractivity contribution >= 4 is 11.4 Å². The van der Waals surface area contributed by atoms with E-state index < -0.39 is 0 Å². The largest absolute Gasteiger partial charge is 0.497 e. The van der Waals surface area contributed by atoms with E-state index >= 15 is 0 Å². The zero-order chi connectivity index (χ0) is 20.8.